The monoisotopic (exact) mass is 211 g/mol. The maximum atomic E-state index is 11.8. The summed E-state index contributed by atoms with van der Waals surface area (Å²) in [6.45, 7) is 0. The predicted molar refractivity (Wildman–Crippen MR) is 55.2 cm³/mol. The van der Waals surface area contributed by atoms with E-state index in [9.17, 15) is 4.79 Å². The smallest absolute Gasteiger partial charge is 0.273 e. The summed E-state index contributed by atoms with van der Waals surface area (Å²) in [5.41, 5.74) is 7.89. The number of nitrogens with zero attached hydrogens (tertiary/aromatic N) is 2. The third kappa shape index (κ3) is 1.65. The summed E-state index contributed by atoms with van der Waals surface area (Å²) >= 11 is 1.44. The molecule has 0 unspecified atom stereocenters. The molecule has 2 N–H and O–H groups in total. The topological polar surface area (TPSA) is 59.2 Å². The van der Waals surface area contributed by atoms with Crippen LogP contribution in [0.15, 0.2) is 10.9 Å². The van der Waals surface area contributed by atoms with Gasteiger partial charge in [-0.15, -0.1) is 11.3 Å². The van der Waals surface area contributed by atoms with Crippen LogP contribution < -0.4 is 5.73 Å². The standard InChI is InChI=1S/C9H13N3OS/c1-12(7-2-6(10)3-7)9(13)8-4-14-5-11-8/h4-7H,2-3,10H2,1H3. The first kappa shape index (κ1) is 9.61. The van der Waals surface area contributed by atoms with Crippen molar-refractivity contribution in [2.24, 2.45) is 5.73 Å². The van der Waals surface area contributed by atoms with Crippen LogP contribution >= 0.6 is 11.3 Å². The second-order valence-corrected chi connectivity index (χ2v) is 4.39. The number of carbonyl (C=O) groups excluding carboxylic acids is 1. The van der Waals surface area contributed by atoms with Crippen LogP contribution in [0.1, 0.15) is 23.3 Å². The van der Waals surface area contributed by atoms with Crippen LogP contribution in [0, 0.1) is 0 Å². The van der Waals surface area contributed by atoms with E-state index in [4.69, 9.17) is 5.73 Å². The Labute approximate surface area is 86.7 Å². The fourth-order valence-corrected chi connectivity index (χ4v) is 2.14. The van der Waals surface area contributed by atoms with Crippen molar-refractivity contribution in [3.63, 3.8) is 0 Å². The van der Waals surface area contributed by atoms with E-state index in [0.717, 1.165) is 12.8 Å². The quantitative estimate of drug-likeness (QED) is 0.783. The highest BCUT2D eigenvalue weighted by Gasteiger charge is 2.32. The Bertz CT molecular complexity index is 319. The molecule has 76 valence electrons. The summed E-state index contributed by atoms with van der Waals surface area (Å²) in [7, 11) is 1.82. The van der Waals surface area contributed by atoms with Gasteiger partial charge in [-0.1, -0.05) is 0 Å². The second-order valence-electron chi connectivity index (χ2n) is 3.68. The minimum atomic E-state index is 0.00292. The Morgan fingerprint density at radius 1 is 1.71 bits per heavy atom. The SMILES string of the molecule is CN(C(=O)c1cscn1)C1CC(N)C1. The second kappa shape index (κ2) is 3.67. The first-order valence-corrected chi connectivity index (χ1v) is 5.53. The van der Waals surface area contributed by atoms with Gasteiger partial charge in [0, 0.05) is 24.5 Å². The molecular weight excluding hydrogens is 198 g/mol. The van der Waals surface area contributed by atoms with Gasteiger partial charge in [0.05, 0.1) is 5.51 Å². The zero-order chi connectivity index (χ0) is 10.1. The zero-order valence-electron chi connectivity index (χ0n) is 8.01. The number of rotatable bonds is 2. The molecule has 1 heterocycles. The van der Waals surface area contributed by atoms with E-state index in [-0.39, 0.29) is 11.9 Å². The molecule has 0 radical (unpaired) electrons. The summed E-state index contributed by atoms with van der Waals surface area (Å²) in [4.78, 5) is 17.5. The van der Waals surface area contributed by atoms with Crippen molar-refractivity contribution in [1.29, 1.82) is 0 Å². The number of carbonyl (C=O) groups is 1. The van der Waals surface area contributed by atoms with E-state index in [1.165, 1.54) is 11.3 Å². The Hall–Kier alpha value is -0.940. The van der Waals surface area contributed by atoms with Crippen LogP contribution in [0.25, 0.3) is 0 Å². The van der Waals surface area contributed by atoms with E-state index >= 15 is 0 Å². The van der Waals surface area contributed by atoms with Crippen LogP contribution in [0.4, 0.5) is 0 Å². The summed E-state index contributed by atoms with van der Waals surface area (Å²) in [5.74, 6) is 0.00292. The highest BCUT2D eigenvalue weighted by atomic mass is 32.1. The molecule has 1 amide bonds. The molecule has 1 aromatic heterocycles. The Morgan fingerprint density at radius 2 is 2.43 bits per heavy atom. The highest BCUT2D eigenvalue weighted by molar-refractivity contribution is 7.07. The maximum Gasteiger partial charge on any atom is 0.273 e. The third-order valence-corrected chi connectivity index (χ3v) is 3.26. The minimum absolute atomic E-state index is 0.00292. The van der Waals surface area contributed by atoms with Crippen LogP contribution in [-0.2, 0) is 0 Å². The largest absolute Gasteiger partial charge is 0.337 e. The molecule has 14 heavy (non-hydrogen) atoms. The highest BCUT2D eigenvalue weighted by Crippen LogP contribution is 2.24. The molecule has 0 spiro atoms. The van der Waals surface area contributed by atoms with Crippen molar-refractivity contribution >= 4 is 17.2 Å². The van der Waals surface area contributed by atoms with E-state index in [0.29, 0.717) is 11.7 Å². The molecule has 2 rings (SSSR count). The van der Waals surface area contributed by atoms with Crippen molar-refractivity contribution < 1.29 is 4.79 Å². The third-order valence-electron chi connectivity index (χ3n) is 2.67. The summed E-state index contributed by atoms with van der Waals surface area (Å²) < 4.78 is 0. The first-order valence-electron chi connectivity index (χ1n) is 4.59. The van der Waals surface area contributed by atoms with E-state index in [2.05, 4.69) is 4.98 Å². The molecule has 1 aliphatic rings. The van der Waals surface area contributed by atoms with Crippen molar-refractivity contribution in [2.45, 2.75) is 24.9 Å². The van der Waals surface area contributed by atoms with Crippen molar-refractivity contribution in [1.82, 2.24) is 9.88 Å². The number of aromatic nitrogens is 1. The lowest BCUT2D eigenvalue weighted by Gasteiger charge is -2.38. The molecule has 0 aliphatic heterocycles. The van der Waals surface area contributed by atoms with Gasteiger partial charge in [0.1, 0.15) is 5.69 Å². The van der Waals surface area contributed by atoms with Crippen molar-refractivity contribution in [3.8, 4) is 0 Å². The number of hydrogen-bond donors (Lipinski definition) is 1. The summed E-state index contributed by atoms with van der Waals surface area (Å²) in [5, 5.41) is 1.78. The fourth-order valence-electron chi connectivity index (χ4n) is 1.61. The fraction of sp³-hybridized carbons (Fsp3) is 0.556. The summed E-state index contributed by atoms with van der Waals surface area (Å²) in [6, 6.07) is 0.574. The van der Waals surface area contributed by atoms with Gasteiger partial charge in [-0.05, 0) is 12.8 Å². The van der Waals surface area contributed by atoms with Gasteiger partial charge in [0.2, 0.25) is 0 Å². The lowest BCUT2D eigenvalue weighted by Crippen LogP contribution is -2.51. The molecule has 0 aromatic carbocycles. The Kier molecular flexibility index (Phi) is 2.52. The molecule has 0 saturated heterocycles. The summed E-state index contributed by atoms with van der Waals surface area (Å²) in [6.07, 6.45) is 1.82. The average molecular weight is 211 g/mol. The molecule has 4 nitrogen and oxygen atoms in total. The van der Waals surface area contributed by atoms with Gasteiger partial charge < -0.3 is 10.6 Å². The first-order chi connectivity index (χ1) is 6.68. The lowest BCUT2D eigenvalue weighted by molar-refractivity contribution is 0.0620. The van der Waals surface area contributed by atoms with Gasteiger partial charge in [0.15, 0.2) is 0 Å². The molecule has 1 fully saturated rings. The molecule has 0 bridgehead atoms. The molecule has 1 saturated carbocycles. The average Bonchev–Trinajstić information content (AvgIpc) is 2.63. The molecule has 1 aromatic rings. The van der Waals surface area contributed by atoms with Crippen LogP contribution in [0.5, 0.6) is 0 Å². The van der Waals surface area contributed by atoms with Crippen molar-refractivity contribution in [2.75, 3.05) is 7.05 Å². The minimum Gasteiger partial charge on any atom is -0.337 e. The Balaban J connectivity index is 1.99. The number of hydrogen-bond acceptors (Lipinski definition) is 4. The van der Waals surface area contributed by atoms with Gasteiger partial charge in [0.25, 0.3) is 5.91 Å². The van der Waals surface area contributed by atoms with Crippen LogP contribution in [0.2, 0.25) is 0 Å². The predicted octanol–water partition coefficient (Wildman–Crippen LogP) is 0.705. The van der Waals surface area contributed by atoms with E-state index in [1.54, 1.807) is 15.8 Å². The van der Waals surface area contributed by atoms with Gasteiger partial charge in [-0.25, -0.2) is 4.98 Å². The van der Waals surface area contributed by atoms with Crippen LogP contribution in [-0.4, -0.2) is 34.9 Å². The zero-order valence-corrected chi connectivity index (χ0v) is 8.83. The van der Waals surface area contributed by atoms with E-state index < -0.39 is 0 Å². The number of thiazole rings is 1. The van der Waals surface area contributed by atoms with Crippen LogP contribution in [0.3, 0.4) is 0 Å². The molecule has 1 aliphatic carbocycles. The molecule has 5 heteroatoms. The van der Waals surface area contributed by atoms with Crippen molar-refractivity contribution in [3.05, 3.63) is 16.6 Å². The van der Waals surface area contributed by atoms with Gasteiger partial charge in [-0.3, -0.25) is 4.79 Å². The molecule has 0 atom stereocenters. The maximum absolute atomic E-state index is 11.8. The van der Waals surface area contributed by atoms with Gasteiger partial charge in [-0.2, -0.15) is 0 Å². The van der Waals surface area contributed by atoms with Gasteiger partial charge >= 0.3 is 0 Å². The van der Waals surface area contributed by atoms with E-state index in [1.807, 2.05) is 7.05 Å². The Morgan fingerprint density at radius 3 is 2.93 bits per heavy atom. The normalized spacial score (nSPS) is 25.6. The lowest BCUT2D eigenvalue weighted by atomic mass is 9.86. The number of amides is 1. The molecular formula is C9H13N3OS. The number of nitrogens with two attached hydrogens (primary N) is 1.